The van der Waals surface area contributed by atoms with E-state index in [9.17, 15) is 4.39 Å². The monoisotopic (exact) mass is 642 g/mol. The van der Waals surface area contributed by atoms with Gasteiger partial charge in [-0.05, 0) is 57.3 Å². The maximum atomic E-state index is 12.3. The van der Waals surface area contributed by atoms with Crippen LogP contribution in [0.3, 0.4) is 0 Å². The molecule has 0 aromatic carbocycles. The van der Waals surface area contributed by atoms with E-state index in [1.54, 1.807) is 12.3 Å². The summed E-state index contributed by atoms with van der Waals surface area (Å²) in [6, 6.07) is 3.49. The Balaban J connectivity index is 0.000000161. The fourth-order valence-corrected chi connectivity index (χ4v) is 2.59. The molecule has 4 rings (SSSR count). The van der Waals surface area contributed by atoms with Crippen molar-refractivity contribution in [2.24, 2.45) is 0 Å². The van der Waals surface area contributed by atoms with E-state index in [1.807, 2.05) is 28.7 Å². The Kier molecular flexibility index (Phi) is 10.2. The van der Waals surface area contributed by atoms with Gasteiger partial charge in [-0.1, -0.05) is 23.2 Å². The number of aromatic nitrogens is 2. The molecule has 0 saturated carbocycles. The molecule has 0 unspecified atom stereocenters. The predicted molar refractivity (Wildman–Crippen MR) is 116 cm³/mol. The van der Waals surface area contributed by atoms with Crippen LogP contribution in [0, 0.1) is 13.1 Å². The summed E-state index contributed by atoms with van der Waals surface area (Å²) in [6.45, 7) is 2.34. The molecule has 11 heteroatoms. The van der Waals surface area contributed by atoms with Gasteiger partial charge in [-0.15, -0.1) is 0 Å². The molecule has 0 spiro atoms. The molecule has 2 aromatic rings. The van der Waals surface area contributed by atoms with Crippen molar-refractivity contribution in [3.8, 4) is 5.88 Å². The molecule has 0 bridgehead atoms. The van der Waals surface area contributed by atoms with Crippen molar-refractivity contribution >= 4 is 68.4 Å². The van der Waals surface area contributed by atoms with E-state index in [1.165, 1.54) is 6.20 Å². The lowest BCUT2D eigenvalue weighted by Crippen LogP contribution is -2.38. The molecule has 2 aromatic heterocycles. The molecular formula is C16H15Cl2FI2N2O4. The zero-order valence-corrected chi connectivity index (χ0v) is 19.6. The van der Waals surface area contributed by atoms with Gasteiger partial charge in [0.15, 0.2) is 0 Å². The maximum Gasteiger partial charge on any atom is 0.234 e. The minimum atomic E-state index is -0.608. The first-order valence-electron chi connectivity index (χ1n) is 7.64. The molecule has 2 fully saturated rings. The second kappa shape index (κ2) is 11.8. The van der Waals surface area contributed by atoms with Crippen LogP contribution >= 0.6 is 68.4 Å². The summed E-state index contributed by atoms with van der Waals surface area (Å²) in [7, 11) is 0. The van der Waals surface area contributed by atoms with Gasteiger partial charge in [-0.25, -0.2) is 9.97 Å². The number of halogens is 5. The Bertz CT molecular complexity index is 732. The predicted octanol–water partition coefficient (Wildman–Crippen LogP) is 3.97. The van der Waals surface area contributed by atoms with E-state index in [4.69, 9.17) is 37.8 Å². The van der Waals surface area contributed by atoms with E-state index in [2.05, 4.69) is 37.3 Å². The van der Waals surface area contributed by atoms with Gasteiger partial charge in [0.25, 0.3) is 0 Å². The second-order valence-corrected chi connectivity index (χ2v) is 8.36. The van der Waals surface area contributed by atoms with Crippen LogP contribution in [0.25, 0.3) is 0 Å². The Morgan fingerprint density at radius 2 is 1.52 bits per heavy atom. The van der Waals surface area contributed by atoms with Gasteiger partial charge in [0, 0.05) is 19.5 Å². The molecule has 2 aliphatic heterocycles. The third-order valence-electron chi connectivity index (χ3n) is 3.12. The van der Waals surface area contributed by atoms with E-state index < -0.39 is 5.95 Å². The zero-order chi connectivity index (χ0) is 19.8. The zero-order valence-electron chi connectivity index (χ0n) is 13.7. The van der Waals surface area contributed by atoms with E-state index in [-0.39, 0.29) is 17.2 Å². The molecule has 148 valence electrons. The van der Waals surface area contributed by atoms with E-state index in [0.717, 1.165) is 3.57 Å². The smallest absolute Gasteiger partial charge is 0.234 e. The Morgan fingerprint density at radius 3 is 1.93 bits per heavy atom. The molecule has 0 amide bonds. The van der Waals surface area contributed by atoms with Gasteiger partial charge in [0.05, 0.1) is 26.4 Å². The normalized spacial score (nSPS) is 16.1. The number of nitrogens with zero attached hydrogens (tertiary/aromatic N) is 2. The van der Waals surface area contributed by atoms with Crippen LogP contribution in [0.1, 0.15) is 0 Å². The highest BCUT2D eigenvalue weighted by Crippen LogP contribution is 2.28. The molecule has 4 heterocycles. The second-order valence-electron chi connectivity index (χ2n) is 5.28. The van der Waals surface area contributed by atoms with Crippen LogP contribution in [0.4, 0.5) is 4.39 Å². The summed E-state index contributed by atoms with van der Waals surface area (Å²) in [5.41, 5.74) is 0. The summed E-state index contributed by atoms with van der Waals surface area (Å²) in [6.07, 6.45) is 3.02. The van der Waals surface area contributed by atoms with Gasteiger partial charge in [-0.3, -0.25) is 0 Å². The highest BCUT2D eigenvalue weighted by atomic mass is 127. The first kappa shape index (κ1) is 23.2. The molecule has 0 atom stereocenters. The molecule has 2 saturated heterocycles. The first-order valence-corrected chi connectivity index (χ1v) is 10.6. The van der Waals surface area contributed by atoms with Crippen LogP contribution in [-0.2, 0) is 9.47 Å². The highest BCUT2D eigenvalue weighted by molar-refractivity contribution is 14.1. The van der Waals surface area contributed by atoms with Crippen molar-refractivity contribution in [2.45, 2.75) is 12.2 Å². The summed E-state index contributed by atoms with van der Waals surface area (Å²) in [5, 5.41) is 9.00. The fraction of sp³-hybridized carbons (Fsp3) is 0.375. The minimum absolute atomic E-state index is 0.0955. The third-order valence-corrected chi connectivity index (χ3v) is 6.28. The lowest BCUT2D eigenvalue weighted by atomic mass is 10.3. The topological polar surface area (TPSA) is 73.7 Å². The number of aliphatic hydroxyl groups excluding tert-OH is 1. The van der Waals surface area contributed by atoms with Crippen LogP contribution in [-0.4, -0.2) is 53.7 Å². The molecule has 0 aliphatic carbocycles. The molecular weight excluding hydrogens is 628 g/mol. The average Bonchev–Trinajstić information content (AvgIpc) is 2.59. The summed E-state index contributed by atoms with van der Waals surface area (Å²) in [4.78, 5) is 7.38. The van der Waals surface area contributed by atoms with Gasteiger partial charge in [0.1, 0.15) is 22.3 Å². The standard InChI is InChI=1S/C8H7ClINO2.C5H2ClFIN.C3H6O2/c9-7-6(10)1-2-11-8(7)13-5-3-12-4-5;6-4-3(8)1-2-9-5(4)7;4-3-1-5-2-3/h1-2,5H,3-4H2;1-2H;3-4H,1-2H2. The number of hydrogen-bond acceptors (Lipinski definition) is 6. The molecule has 27 heavy (non-hydrogen) atoms. The third kappa shape index (κ3) is 7.71. The molecule has 6 nitrogen and oxygen atoms in total. The first-order chi connectivity index (χ1) is 12.9. The lowest BCUT2D eigenvalue weighted by Gasteiger charge is -2.26. The molecule has 2 aliphatic rings. The average molecular weight is 643 g/mol. The molecule has 0 radical (unpaired) electrons. The fourth-order valence-electron chi connectivity index (χ4n) is 1.54. The van der Waals surface area contributed by atoms with Crippen LogP contribution < -0.4 is 4.74 Å². The summed E-state index contributed by atoms with van der Waals surface area (Å²) in [5.74, 6) is -0.106. The van der Waals surface area contributed by atoms with Crippen LogP contribution in [0.2, 0.25) is 10.0 Å². The van der Waals surface area contributed by atoms with Crippen molar-refractivity contribution in [3.05, 3.63) is 47.7 Å². The number of rotatable bonds is 2. The number of pyridine rings is 2. The van der Waals surface area contributed by atoms with Gasteiger partial charge in [0.2, 0.25) is 11.8 Å². The van der Waals surface area contributed by atoms with Gasteiger partial charge in [-0.2, -0.15) is 4.39 Å². The summed E-state index contributed by atoms with van der Waals surface area (Å²) >= 11 is 15.5. The quantitative estimate of drug-likeness (QED) is 0.395. The maximum absolute atomic E-state index is 12.3. The number of ether oxygens (including phenoxy) is 3. The van der Waals surface area contributed by atoms with Crippen molar-refractivity contribution in [3.63, 3.8) is 0 Å². The molecule has 1 N–H and O–H groups in total. The van der Waals surface area contributed by atoms with Crippen LogP contribution in [0.15, 0.2) is 24.5 Å². The van der Waals surface area contributed by atoms with Gasteiger partial charge < -0.3 is 19.3 Å². The minimum Gasteiger partial charge on any atom is -0.468 e. The number of aliphatic hydroxyl groups is 1. The summed E-state index contributed by atoms with van der Waals surface area (Å²) < 4.78 is 29.0. The Hall–Kier alpha value is -0.0500. The van der Waals surface area contributed by atoms with Crippen molar-refractivity contribution in [1.82, 2.24) is 9.97 Å². The SMILES string of the molecule is Clc1c(I)ccnc1OC1COC1.Fc1nccc(I)c1Cl.OC1COC1. The Labute approximate surface area is 193 Å². The largest absolute Gasteiger partial charge is 0.468 e. The van der Waals surface area contributed by atoms with Crippen molar-refractivity contribution in [2.75, 3.05) is 26.4 Å². The number of hydrogen-bond donors (Lipinski definition) is 1. The van der Waals surface area contributed by atoms with E-state index >= 15 is 0 Å². The Morgan fingerprint density at radius 1 is 1.00 bits per heavy atom. The van der Waals surface area contributed by atoms with Crippen LogP contribution in [0.5, 0.6) is 5.88 Å². The van der Waals surface area contributed by atoms with E-state index in [0.29, 0.717) is 40.9 Å². The van der Waals surface area contributed by atoms with Crippen molar-refractivity contribution in [1.29, 1.82) is 0 Å². The van der Waals surface area contributed by atoms with Crippen molar-refractivity contribution < 1.29 is 23.7 Å². The van der Waals surface area contributed by atoms with Gasteiger partial charge >= 0.3 is 0 Å². The highest BCUT2D eigenvalue weighted by Gasteiger charge is 2.22. The lowest BCUT2D eigenvalue weighted by molar-refractivity contribution is -0.0936.